The van der Waals surface area contributed by atoms with Crippen LogP contribution in [0.2, 0.25) is 0 Å². The van der Waals surface area contributed by atoms with Crippen molar-refractivity contribution in [3.8, 4) is 0 Å². The van der Waals surface area contributed by atoms with Gasteiger partial charge in [-0.15, -0.1) is 0 Å². The van der Waals surface area contributed by atoms with Crippen molar-refractivity contribution >= 4 is 110 Å². The second-order valence-corrected chi connectivity index (χ2v) is 20.1. The molecule has 0 aliphatic carbocycles. The van der Waals surface area contributed by atoms with Gasteiger partial charge >= 0.3 is 0 Å². The molecule has 11 rings (SSSR count). The van der Waals surface area contributed by atoms with Crippen molar-refractivity contribution < 1.29 is 0 Å². The molecule has 0 saturated carbocycles. The summed E-state index contributed by atoms with van der Waals surface area (Å²) in [6, 6.07) is 84.8. The van der Waals surface area contributed by atoms with E-state index in [1.807, 2.05) is 0 Å². The van der Waals surface area contributed by atoms with Gasteiger partial charge in [-0.3, -0.25) is 10.0 Å². The minimum Gasteiger partial charge on any atom is -0.257 e. The highest BCUT2D eigenvalue weighted by molar-refractivity contribution is 9.11. The maximum atomic E-state index is 5.66. The zero-order valence-corrected chi connectivity index (χ0v) is 42.6. The Hall–Kier alpha value is -6.56. The highest BCUT2D eigenvalue weighted by Crippen LogP contribution is 2.54. The van der Waals surface area contributed by atoms with Gasteiger partial charge in [0.2, 0.25) is 0 Å². The summed E-state index contributed by atoms with van der Waals surface area (Å²) in [7, 11) is 0. The molecule has 0 unspecified atom stereocenters. The van der Waals surface area contributed by atoms with E-state index >= 15 is 0 Å². The highest BCUT2D eigenvalue weighted by Gasteiger charge is 2.61. The number of anilines is 4. The van der Waals surface area contributed by atoms with Crippen LogP contribution in [0, 0.1) is 0 Å². The molecule has 0 spiro atoms. The Morgan fingerprint density at radius 1 is 0.265 bits per heavy atom. The first-order chi connectivity index (χ1) is 33.3. The number of hydrazine groups is 2. The minimum atomic E-state index is -0.805. The Balaban J connectivity index is 1.10. The molecule has 0 atom stereocenters. The number of aliphatic imine (C=N–C) groups is 2. The van der Waals surface area contributed by atoms with Crippen LogP contribution in [-0.4, -0.2) is 11.7 Å². The van der Waals surface area contributed by atoms with Gasteiger partial charge in [-0.05, 0) is 144 Å². The van der Waals surface area contributed by atoms with E-state index in [4.69, 9.17) is 9.98 Å². The average molecular weight is 1140 g/mol. The van der Waals surface area contributed by atoms with Crippen LogP contribution in [0.1, 0.15) is 22.3 Å². The van der Waals surface area contributed by atoms with E-state index in [9.17, 15) is 0 Å². The zero-order valence-electron chi connectivity index (χ0n) is 36.3. The molecule has 0 aromatic heterocycles. The molecule has 2 aliphatic rings. The van der Waals surface area contributed by atoms with E-state index in [0.29, 0.717) is 0 Å². The van der Waals surface area contributed by atoms with Crippen LogP contribution in [0.25, 0.3) is 0 Å². The molecule has 0 N–H and O–H groups in total. The van der Waals surface area contributed by atoms with Gasteiger partial charge in [0.15, 0.2) is 22.7 Å². The average Bonchev–Trinajstić information content (AvgIpc) is 3.38. The van der Waals surface area contributed by atoms with Crippen molar-refractivity contribution in [2.24, 2.45) is 9.98 Å². The topological polar surface area (TPSA) is 37.7 Å². The van der Waals surface area contributed by atoms with E-state index in [1.54, 1.807) is 0 Å². The fourth-order valence-corrected chi connectivity index (χ4v) is 10.5. The molecule has 68 heavy (non-hydrogen) atoms. The van der Waals surface area contributed by atoms with Crippen molar-refractivity contribution in [2.75, 3.05) is 20.0 Å². The quantitative estimate of drug-likeness (QED) is 0.137. The Bertz CT molecular complexity index is 2940. The van der Waals surface area contributed by atoms with Crippen molar-refractivity contribution in [3.63, 3.8) is 0 Å². The van der Waals surface area contributed by atoms with E-state index < -0.39 is 11.1 Å². The van der Waals surface area contributed by atoms with Crippen molar-refractivity contribution in [2.45, 2.75) is 11.1 Å². The summed E-state index contributed by atoms with van der Waals surface area (Å²) in [6.07, 6.45) is 0. The lowest BCUT2D eigenvalue weighted by Crippen LogP contribution is -2.77. The van der Waals surface area contributed by atoms with Gasteiger partial charge in [0.25, 0.3) is 0 Å². The van der Waals surface area contributed by atoms with Crippen LogP contribution in [0.4, 0.5) is 34.1 Å². The minimum absolute atomic E-state index is 0.796. The fourth-order valence-electron chi connectivity index (χ4n) is 9.48. The highest BCUT2D eigenvalue weighted by atomic mass is 79.9. The molecule has 0 amide bonds. The Kier molecular flexibility index (Phi) is 12.0. The predicted molar refractivity (Wildman–Crippen MR) is 294 cm³/mol. The Morgan fingerprint density at radius 3 is 0.750 bits per heavy atom. The molecule has 9 aromatic rings. The largest absolute Gasteiger partial charge is 0.257 e. The third kappa shape index (κ3) is 7.60. The number of hydrogen-bond donors (Lipinski definition) is 0. The summed E-state index contributed by atoms with van der Waals surface area (Å²) in [5, 5.41) is 9.20. The molecule has 330 valence electrons. The van der Waals surface area contributed by atoms with Crippen molar-refractivity contribution in [1.82, 2.24) is 0 Å². The summed E-state index contributed by atoms with van der Waals surface area (Å²) in [5.74, 6) is 1.72. The van der Waals surface area contributed by atoms with Crippen LogP contribution in [-0.2, 0) is 11.1 Å². The van der Waals surface area contributed by atoms with Gasteiger partial charge in [0, 0.05) is 17.9 Å². The van der Waals surface area contributed by atoms with E-state index in [0.717, 1.165) is 85.9 Å². The summed E-state index contributed by atoms with van der Waals surface area (Å²) in [4.78, 5) is 11.3. The number of hydrogen-bond acceptors (Lipinski definition) is 4. The van der Waals surface area contributed by atoms with Crippen molar-refractivity contribution in [1.29, 1.82) is 0 Å². The third-order valence-electron chi connectivity index (χ3n) is 12.5. The van der Waals surface area contributed by atoms with Gasteiger partial charge in [0.05, 0.1) is 34.1 Å². The maximum absolute atomic E-state index is 5.66. The first kappa shape index (κ1) is 44.0. The number of rotatable bonds is 10. The molecule has 2 aliphatic heterocycles. The molecule has 10 heteroatoms. The van der Waals surface area contributed by atoms with Gasteiger partial charge in [-0.2, -0.15) is 0 Å². The monoisotopic (exact) mass is 1140 g/mol. The normalized spacial score (nSPS) is 16.1. The lowest BCUT2D eigenvalue weighted by atomic mass is 9.76. The zero-order chi connectivity index (χ0) is 46.2. The van der Waals surface area contributed by atoms with Crippen LogP contribution in [0.15, 0.2) is 271 Å². The standard InChI is InChI=1S/C58H40Br4N6/c59-45-21-33-51(34-22-45)65-55(57(41-13-5-1-6-14-41,42-15-7-2-8-16-42)67(65)53-37-25-47(61)26-38-53)63-49-29-31-50(32-30-49)64-56-58(43-17-9-3-10-18-43,44-19-11-4-12-20-44)68(54-39-27-48(62)28-40-54)66(56)52-35-23-46(60)24-36-52/h1-40H. The lowest BCUT2D eigenvalue weighted by molar-refractivity contribution is 0.535. The van der Waals surface area contributed by atoms with Crippen molar-refractivity contribution in [3.05, 3.63) is 283 Å². The summed E-state index contributed by atoms with van der Waals surface area (Å²) >= 11 is 14.7. The molecule has 2 saturated heterocycles. The number of benzene rings is 9. The lowest BCUT2D eigenvalue weighted by Gasteiger charge is -2.62. The predicted octanol–water partition coefficient (Wildman–Crippen LogP) is 16.6. The van der Waals surface area contributed by atoms with Crippen LogP contribution < -0.4 is 20.0 Å². The molecule has 0 radical (unpaired) electrons. The first-order valence-electron chi connectivity index (χ1n) is 22.1. The number of nitrogens with zero attached hydrogens (tertiary/aromatic N) is 6. The van der Waals surface area contributed by atoms with Gasteiger partial charge in [-0.25, -0.2) is 20.0 Å². The van der Waals surface area contributed by atoms with Crippen LogP contribution in [0.3, 0.4) is 0 Å². The summed E-state index contributed by atoms with van der Waals surface area (Å²) < 4.78 is 4.01. The first-order valence-corrected chi connectivity index (χ1v) is 25.3. The maximum Gasteiger partial charge on any atom is 0.171 e. The Labute approximate surface area is 430 Å². The molecule has 6 nitrogen and oxygen atoms in total. The number of halogens is 4. The van der Waals surface area contributed by atoms with E-state index in [-0.39, 0.29) is 0 Å². The van der Waals surface area contributed by atoms with Gasteiger partial charge < -0.3 is 0 Å². The smallest absolute Gasteiger partial charge is 0.171 e. The summed E-state index contributed by atoms with van der Waals surface area (Å²) in [5.41, 5.74) is 8.35. The summed E-state index contributed by atoms with van der Waals surface area (Å²) in [6.45, 7) is 0. The third-order valence-corrected chi connectivity index (χ3v) is 14.6. The fraction of sp³-hybridized carbons (Fsp3) is 0.0345. The van der Waals surface area contributed by atoms with E-state index in [2.05, 4.69) is 326 Å². The van der Waals surface area contributed by atoms with Gasteiger partial charge in [0.1, 0.15) is 0 Å². The molecule has 2 heterocycles. The molecule has 0 bridgehead atoms. The second kappa shape index (κ2) is 18.5. The van der Waals surface area contributed by atoms with Crippen LogP contribution >= 0.6 is 63.7 Å². The molecule has 9 aromatic carbocycles. The SMILES string of the molecule is Brc1ccc(N2C(=Nc3ccc(N=C4N(c5ccc(Br)cc5)N(c5ccc(Br)cc5)C4(c4ccccc4)c4ccccc4)cc3)C(c3ccccc3)(c3ccccc3)N2c2ccc(Br)cc2)cc1. The van der Waals surface area contributed by atoms with Crippen LogP contribution in [0.5, 0.6) is 0 Å². The van der Waals surface area contributed by atoms with Gasteiger partial charge in [-0.1, -0.05) is 185 Å². The molecular formula is C58H40Br4N6. The molecular weight excluding hydrogens is 1100 g/mol. The second-order valence-electron chi connectivity index (χ2n) is 16.4. The van der Waals surface area contributed by atoms with E-state index in [1.165, 1.54) is 0 Å². The number of amidine groups is 2. The Morgan fingerprint density at radius 2 is 0.500 bits per heavy atom. The molecule has 2 fully saturated rings.